The first kappa shape index (κ1) is 16.1. The van der Waals surface area contributed by atoms with Gasteiger partial charge < -0.3 is 9.29 Å². The third-order valence-electron chi connectivity index (χ3n) is 3.36. The SMILES string of the molecule is CCc1cc(O)ccc1-c1c(OS)c(C(C)=O)nn(C)c1=O. The third-order valence-corrected chi connectivity index (χ3v) is 3.55. The average molecular weight is 320 g/mol. The molecule has 0 saturated carbocycles. The van der Waals surface area contributed by atoms with E-state index in [0.717, 1.165) is 10.2 Å². The molecule has 0 radical (unpaired) electrons. The minimum atomic E-state index is -0.408. The van der Waals surface area contributed by atoms with Crippen LogP contribution < -0.4 is 9.74 Å². The molecule has 1 aromatic heterocycles. The summed E-state index contributed by atoms with van der Waals surface area (Å²) >= 11 is 3.77. The molecule has 116 valence electrons. The molecule has 1 N–H and O–H groups in total. The Morgan fingerprint density at radius 1 is 1.45 bits per heavy atom. The Hall–Kier alpha value is -2.28. The molecule has 0 saturated heterocycles. The largest absolute Gasteiger partial charge is 0.508 e. The van der Waals surface area contributed by atoms with Crippen LogP contribution in [0, 0.1) is 0 Å². The lowest BCUT2D eigenvalue weighted by molar-refractivity contribution is 0.100. The van der Waals surface area contributed by atoms with E-state index in [4.69, 9.17) is 4.18 Å². The van der Waals surface area contributed by atoms with Crippen molar-refractivity contribution in [1.29, 1.82) is 0 Å². The van der Waals surface area contributed by atoms with Gasteiger partial charge in [-0.05, 0) is 29.7 Å². The average Bonchev–Trinajstić information content (AvgIpc) is 2.49. The highest BCUT2D eigenvalue weighted by Crippen LogP contribution is 2.34. The van der Waals surface area contributed by atoms with Gasteiger partial charge in [0, 0.05) is 26.9 Å². The quantitative estimate of drug-likeness (QED) is 0.512. The summed E-state index contributed by atoms with van der Waals surface area (Å²) in [4.78, 5) is 24.2. The number of hydrogen-bond acceptors (Lipinski definition) is 6. The maximum absolute atomic E-state index is 12.5. The topological polar surface area (TPSA) is 81.4 Å². The maximum atomic E-state index is 12.5. The van der Waals surface area contributed by atoms with Crippen LogP contribution in [0.5, 0.6) is 11.5 Å². The van der Waals surface area contributed by atoms with E-state index in [9.17, 15) is 14.7 Å². The van der Waals surface area contributed by atoms with Gasteiger partial charge in [-0.1, -0.05) is 13.0 Å². The predicted octanol–water partition coefficient (Wildman–Crippen LogP) is 2.14. The number of thiol groups is 1. The monoisotopic (exact) mass is 320 g/mol. The van der Waals surface area contributed by atoms with E-state index in [1.54, 1.807) is 12.1 Å². The highest BCUT2D eigenvalue weighted by Gasteiger charge is 2.23. The number of phenols is 1. The number of benzene rings is 1. The number of rotatable bonds is 4. The van der Waals surface area contributed by atoms with E-state index >= 15 is 0 Å². The van der Waals surface area contributed by atoms with Crippen molar-refractivity contribution in [1.82, 2.24) is 9.78 Å². The van der Waals surface area contributed by atoms with E-state index in [1.165, 1.54) is 20.0 Å². The molecule has 0 aliphatic heterocycles. The number of aromatic hydroxyl groups is 1. The fraction of sp³-hybridized carbons (Fsp3) is 0.267. The highest BCUT2D eigenvalue weighted by molar-refractivity contribution is 7.75. The van der Waals surface area contributed by atoms with Gasteiger partial charge >= 0.3 is 0 Å². The molecule has 2 rings (SSSR count). The second-order valence-electron chi connectivity index (χ2n) is 4.82. The summed E-state index contributed by atoms with van der Waals surface area (Å²) in [6.07, 6.45) is 0.594. The van der Waals surface area contributed by atoms with Crippen molar-refractivity contribution < 1.29 is 14.1 Å². The molecular weight excluding hydrogens is 304 g/mol. The van der Waals surface area contributed by atoms with Crippen molar-refractivity contribution in [2.75, 3.05) is 0 Å². The molecule has 0 atom stereocenters. The van der Waals surface area contributed by atoms with E-state index in [0.29, 0.717) is 12.0 Å². The number of aromatic nitrogens is 2. The minimum Gasteiger partial charge on any atom is -0.508 e. The van der Waals surface area contributed by atoms with Crippen LogP contribution in [0.25, 0.3) is 11.1 Å². The lowest BCUT2D eigenvalue weighted by atomic mass is 9.97. The fourth-order valence-electron chi connectivity index (χ4n) is 2.29. The number of phenolic OH excluding ortho intramolecular Hbond substituents is 1. The van der Waals surface area contributed by atoms with Crippen LogP contribution in [0.15, 0.2) is 23.0 Å². The third kappa shape index (κ3) is 2.71. The van der Waals surface area contributed by atoms with Gasteiger partial charge in [0.15, 0.2) is 17.2 Å². The number of carbonyl (C=O) groups is 1. The van der Waals surface area contributed by atoms with Crippen molar-refractivity contribution in [3.05, 3.63) is 39.8 Å². The first-order valence-corrected chi connectivity index (χ1v) is 7.03. The number of hydrogen-bond donors (Lipinski definition) is 2. The lowest BCUT2D eigenvalue weighted by Crippen LogP contribution is -2.25. The molecule has 0 aliphatic carbocycles. The summed E-state index contributed by atoms with van der Waals surface area (Å²) in [5.74, 6) is -0.205. The van der Waals surface area contributed by atoms with Crippen LogP contribution in [0.4, 0.5) is 0 Å². The van der Waals surface area contributed by atoms with Gasteiger partial charge in [0.1, 0.15) is 5.75 Å². The van der Waals surface area contributed by atoms with Gasteiger partial charge in [-0.25, -0.2) is 4.68 Å². The first-order chi connectivity index (χ1) is 10.4. The molecule has 7 heteroatoms. The zero-order chi connectivity index (χ0) is 16.4. The minimum absolute atomic E-state index is 0.0272. The molecule has 0 unspecified atom stereocenters. The fourth-order valence-corrected chi connectivity index (χ4v) is 2.47. The van der Waals surface area contributed by atoms with Gasteiger partial charge in [-0.2, -0.15) is 5.10 Å². The number of aryl methyl sites for hydroxylation is 2. The van der Waals surface area contributed by atoms with Crippen molar-refractivity contribution >= 4 is 18.7 Å². The Morgan fingerprint density at radius 3 is 2.68 bits per heavy atom. The maximum Gasteiger partial charge on any atom is 0.278 e. The molecule has 0 fully saturated rings. The molecule has 6 nitrogen and oxygen atoms in total. The number of nitrogens with zero attached hydrogens (tertiary/aromatic N) is 2. The zero-order valence-electron chi connectivity index (χ0n) is 12.5. The molecule has 0 amide bonds. The van der Waals surface area contributed by atoms with Crippen LogP contribution in [0.1, 0.15) is 29.9 Å². The Balaban J connectivity index is 2.91. The molecule has 1 aromatic carbocycles. The lowest BCUT2D eigenvalue weighted by Gasteiger charge is -2.14. The summed E-state index contributed by atoms with van der Waals surface area (Å²) in [5, 5.41) is 13.5. The Labute approximate surface area is 133 Å². The van der Waals surface area contributed by atoms with Crippen LogP contribution in [0.2, 0.25) is 0 Å². The summed E-state index contributed by atoms with van der Waals surface area (Å²) in [6, 6.07) is 4.67. The number of carbonyl (C=O) groups excluding carboxylic acids is 1. The molecule has 0 spiro atoms. The second kappa shape index (κ2) is 6.23. The molecule has 0 aliphatic rings. The number of ketones is 1. The van der Waals surface area contributed by atoms with Gasteiger partial charge in [0.05, 0.1) is 5.56 Å². The molecule has 22 heavy (non-hydrogen) atoms. The first-order valence-electron chi connectivity index (χ1n) is 6.66. The van der Waals surface area contributed by atoms with Crippen molar-refractivity contribution in [3.63, 3.8) is 0 Å². The van der Waals surface area contributed by atoms with Gasteiger partial charge in [0.2, 0.25) is 0 Å². The summed E-state index contributed by atoms with van der Waals surface area (Å²) in [5.41, 5.74) is 1.16. The van der Waals surface area contributed by atoms with Gasteiger partial charge in [-0.15, -0.1) is 0 Å². The van der Waals surface area contributed by atoms with Gasteiger partial charge in [-0.3, -0.25) is 9.59 Å². The normalized spacial score (nSPS) is 10.5. The molecule has 2 aromatic rings. The predicted molar refractivity (Wildman–Crippen MR) is 85.6 cm³/mol. The van der Waals surface area contributed by atoms with E-state index in [1.807, 2.05) is 6.92 Å². The molecule has 0 bridgehead atoms. The van der Waals surface area contributed by atoms with Crippen molar-refractivity contribution in [2.45, 2.75) is 20.3 Å². The van der Waals surface area contributed by atoms with E-state index in [-0.39, 0.29) is 28.5 Å². The van der Waals surface area contributed by atoms with Crippen molar-refractivity contribution in [3.8, 4) is 22.6 Å². The van der Waals surface area contributed by atoms with Crippen LogP contribution in [-0.4, -0.2) is 20.7 Å². The summed E-state index contributed by atoms with van der Waals surface area (Å²) in [7, 11) is 1.46. The number of Topliss-reactive ketones (excluding diaryl/α,β-unsaturated/α-hetero) is 1. The van der Waals surface area contributed by atoms with E-state index < -0.39 is 5.56 Å². The standard InChI is InChI=1S/C15H16N2O4S/c1-4-9-7-10(19)5-6-11(9)12-14(21-22)13(8(2)18)16-17(3)15(12)20/h5-7,19,22H,4H2,1-3H3. The van der Waals surface area contributed by atoms with Crippen molar-refractivity contribution in [2.24, 2.45) is 7.05 Å². The van der Waals surface area contributed by atoms with Gasteiger partial charge in [0.25, 0.3) is 5.56 Å². The van der Waals surface area contributed by atoms with Crippen LogP contribution >= 0.6 is 12.9 Å². The summed E-state index contributed by atoms with van der Waals surface area (Å²) in [6.45, 7) is 3.24. The molecular formula is C15H16N2O4S. The van der Waals surface area contributed by atoms with E-state index in [2.05, 4.69) is 18.0 Å². The van der Waals surface area contributed by atoms with Crippen LogP contribution in [0.3, 0.4) is 0 Å². The highest BCUT2D eigenvalue weighted by atomic mass is 32.1. The smallest absolute Gasteiger partial charge is 0.278 e. The zero-order valence-corrected chi connectivity index (χ0v) is 13.3. The Morgan fingerprint density at radius 2 is 2.14 bits per heavy atom. The second-order valence-corrected chi connectivity index (χ2v) is 5.01. The Kier molecular flexibility index (Phi) is 4.56. The van der Waals surface area contributed by atoms with Crippen LogP contribution in [-0.2, 0) is 13.5 Å². The summed E-state index contributed by atoms with van der Waals surface area (Å²) < 4.78 is 6.08. The Bertz CT molecular complexity index is 799. The molecule has 1 heterocycles.